The quantitative estimate of drug-likeness (QED) is 0.191. The lowest BCUT2D eigenvalue weighted by molar-refractivity contribution is -0.118. The van der Waals surface area contributed by atoms with E-state index < -0.39 is 0 Å². The summed E-state index contributed by atoms with van der Waals surface area (Å²) in [6.07, 6.45) is 4.87. The molecule has 0 radical (unpaired) electrons. The van der Waals surface area contributed by atoms with Crippen LogP contribution in [0.5, 0.6) is 17.2 Å². The number of pyridine rings is 1. The van der Waals surface area contributed by atoms with Gasteiger partial charge in [0.05, 0.1) is 38.9 Å². The van der Waals surface area contributed by atoms with E-state index in [9.17, 15) is 4.79 Å². The fraction of sp³-hybridized carbons (Fsp3) is 0.192. The summed E-state index contributed by atoms with van der Waals surface area (Å²) in [6, 6.07) is 15.2. The number of aromatic nitrogens is 4. The van der Waals surface area contributed by atoms with Crippen molar-refractivity contribution < 1.29 is 19.0 Å². The highest BCUT2D eigenvalue weighted by molar-refractivity contribution is 7.99. The Morgan fingerprint density at radius 2 is 1.68 bits per heavy atom. The summed E-state index contributed by atoms with van der Waals surface area (Å²) in [5.41, 5.74) is 6.00. The van der Waals surface area contributed by atoms with Crippen LogP contribution in [0.25, 0.3) is 17.1 Å². The second kappa shape index (κ2) is 12.0. The smallest absolute Gasteiger partial charge is 0.250 e. The molecule has 0 aliphatic carbocycles. The highest BCUT2D eigenvalue weighted by atomic mass is 32.2. The first kappa shape index (κ1) is 25.7. The van der Waals surface area contributed by atoms with Gasteiger partial charge in [0.25, 0.3) is 5.91 Å². The number of hydrogen-bond acceptors (Lipinski definition) is 9. The molecule has 2 aromatic heterocycles. The van der Waals surface area contributed by atoms with Crippen LogP contribution >= 0.6 is 11.8 Å². The van der Waals surface area contributed by atoms with Gasteiger partial charge in [-0.25, -0.2) is 5.43 Å². The highest BCUT2D eigenvalue weighted by Gasteiger charge is 2.17. The first-order valence-electron chi connectivity index (χ1n) is 11.2. The van der Waals surface area contributed by atoms with E-state index in [2.05, 4.69) is 25.7 Å². The monoisotopic (exact) mass is 518 g/mol. The lowest BCUT2D eigenvalue weighted by atomic mass is 10.2. The molecular formula is C26H26N6O4S. The van der Waals surface area contributed by atoms with Crippen LogP contribution in [0.4, 0.5) is 0 Å². The molecule has 0 saturated heterocycles. The highest BCUT2D eigenvalue weighted by Crippen LogP contribution is 2.32. The largest absolute Gasteiger partial charge is 0.496 e. The number of thioether (sulfide) groups is 1. The maximum atomic E-state index is 12.6. The zero-order valence-corrected chi connectivity index (χ0v) is 21.7. The Morgan fingerprint density at radius 3 is 2.30 bits per heavy atom. The molecule has 0 aliphatic rings. The van der Waals surface area contributed by atoms with Gasteiger partial charge in [-0.1, -0.05) is 29.5 Å². The van der Waals surface area contributed by atoms with Crippen LogP contribution in [0, 0.1) is 6.92 Å². The lowest BCUT2D eigenvalue weighted by Gasteiger charge is -2.12. The molecule has 10 nitrogen and oxygen atoms in total. The van der Waals surface area contributed by atoms with Crippen LogP contribution in [0.1, 0.15) is 11.1 Å². The van der Waals surface area contributed by atoms with Gasteiger partial charge in [-0.15, -0.1) is 10.2 Å². The van der Waals surface area contributed by atoms with E-state index in [0.29, 0.717) is 33.8 Å². The van der Waals surface area contributed by atoms with E-state index in [1.807, 2.05) is 47.9 Å². The third-order valence-electron chi connectivity index (χ3n) is 5.33. The molecule has 4 rings (SSSR count). The van der Waals surface area contributed by atoms with Gasteiger partial charge in [0.15, 0.2) is 11.0 Å². The van der Waals surface area contributed by atoms with E-state index in [-0.39, 0.29) is 11.7 Å². The summed E-state index contributed by atoms with van der Waals surface area (Å²) in [5.74, 6) is 2.00. The van der Waals surface area contributed by atoms with Crippen molar-refractivity contribution >= 4 is 23.9 Å². The van der Waals surface area contributed by atoms with Crippen LogP contribution < -0.4 is 19.6 Å². The second-order valence-corrected chi connectivity index (χ2v) is 8.68. The molecule has 0 spiro atoms. The number of methoxy groups -OCH3 is 3. The van der Waals surface area contributed by atoms with Gasteiger partial charge in [0.2, 0.25) is 0 Å². The molecule has 1 amide bonds. The number of carbonyl (C=O) groups excluding carboxylic acids is 1. The second-order valence-electron chi connectivity index (χ2n) is 7.74. The summed E-state index contributed by atoms with van der Waals surface area (Å²) < 4.78 is 18.0. The van der Waals surface area contributed by atoms with Gasteiger partial charge in [-0.05, 0) is 31.2 Å². The maximum Gasteiger partial charge on any atom is 0.250 e. The predicted molar refractivity (Wildman–Crippen MR) is 142 cm³/mol. The lowest BCUT2D eigenvalue weighted by Crippen LogP contribution is -2.20. The van der Waals surface area contributed by atoms with Crippen LogP contribution in [0.2, 0.25) is 0 Å². The number of nitrogens with one attached hydrogen (secondary N) is 1. The van der Waals surface area contributed by atoms with Crippen LogP contribution in [0.3, 0.4) is 0 Å². The van der Waals surface area contributed by atoms with Crippen molar-refractivity contribution in [1.82, 2.24) is 25.2 Å². The Hall–Kier alpha value is -4.38. The zero-order chi connectivity index (χ0) is 26.2. The fourth-order valence-corrected chi connectivity index (χ4v) is 4.21. The van der Waals surface area contributed by atoms with Crippen molar-refractivity contribution in [2.75, 3.05) is 27.1 Å². The molecule has 11 heteroatoms. The number of hydrogen-bond donors (Lipinski definition) is 1. The Morgan fingerprint density at radius 1 is 1.00 bits per heavy atom. The number of nitrogens with zero attached hydrogens (tertiary/aromatic N) is 5. The van der Waals surface area contributed by atoms with Gasteiger partial charge in [0, 0.05) is 35.8 Å². The number of hydrazone groups is 1. The predicted octanol–water partition coefficient (Wildman–Crippen LogP) is 3.91. The van der Waals surface area contributed by atoms with Gasteiger partial charge in [0.1, 0.15) is 17.2 Å². The summed E-state index contributed by atoms with van der Waals surface area (Å²) in [4.78, 5) is 16.7. The maximum absolute atomic E-state index is 12.6. The zero-order valence-electron chi connectivity index (χ0n) is 20.8. The van der Waals surface area contributed by atoms with E-state index in [0.717, 1.165) is 16.8 Å². The summed E-state index contributed by atoms with van der Waals surface area (Å²) >= 11 is 1.26. The van der Waals surface area contributed by atoms with Crippen LogP contribution in [-0.2, 0) is 4.79 Å². The molecular weight excluding hydrogens is 492 g/mol. The molecule has 0 bridgehead atoms. The van der Waals surface area contributed by atoms with Gasteiger partial charge in [-0.2, -0.15) is 5.10 Å². The fourth-order valence-electron chi connectivity index (χ4n) is 3.47. The average molecular weight is 519 g/mol. The van der Waals surface area contributed by atoms with E-state index in [1.54, 1.807) is 31.6 Å². The van der Waals surface area contributed by atoms with Crippen molar-refractivity contribution in [2.24, 2.45) is 5.10 Å². The van der Waals surface area contributed by atoms with Crippen LogP contribution in [-0.4, -0.2) is 59.0 Å². The first-order chi connectivity index (χ1) is 18.0. The molecule has 2 aromatic carbocycles. The minimum absolute atomic E-state index is 0.0779. The Balaban J connectivity index is 1.50. The number of aryl methyl sites for hydroxylation is 1. The summed E-state index contributed by atoms with van der Waals surface area (Å²) in [5, 5.41) is 13.4. The third kappa shape index (κ3) is 6.07. The molecule has 2 heterocycles. The summed E-state index contributed by atoms with van der Waals surface area (Å²) in [6.45, 7) is 2.03. The summed E-state index contributed by atoms with van der Waals surface area (Å²) in [7, 11) is 4.62. The number of benzene rings is 2. The number of rotatable bonds is 10. The number of amides is 1. The molecule has 0 fully saturated rings. The average Bonchev–Trinajstić information content (AvgIpc) is 3.36. The molecule has 190 valence electrons. The minimum Gasteiger partial charge on any atom is -0.496 e. The molecule has 4 aromatic rings. The third-order valence-corrected chi connectivity index (χ3v) is 6.26. The molecule has 0 atom stereocenters. The van der Waals surface area contributed by atoms with Gasteiger partial charge < -0.3 is 14.2 Å². The van der Waals surface area contributed by atoms with Crippen molar-refractivity contribution in [3.63, 3.8) is 0 Å². The normalized spacial score (nSPS) is 10.9. The first-order valence-corrected chi connectivity index (χ1v) is 12.2. The Labute approximate surface area is 218 Å². The molecule has 1 N–H and O–H groups in total. The number of ether oxygens (including phenoxy) is 3. The Kier molecular flexibility index (Phi) is 8.37. The molecule has 0 aliphatic heterocycles. The SMILES string of the molecule is COc1cc(OC)c(C=NNC(=O)CSc2nnc(-c3ccncc3)n2-c2ccc(C)cc2)c(OC)c1. The van der Waals surface area contributed by atoms with Crippen molar-refractivity contribution in [1.29, 1.82) is 0 Å². The standard InChI is InChI=1S/C26H26N6O4S/c1-17-5-7-19(8-6-17)32-25(18-9-11-27-12-10-18)30-31-26(32)37-16-24(33)29-28-15-21-22(35-3)13-20(34-2)14-23(21)36-4/h5-15H,16H2,1-4H3,(H,29,33). The number of carbonyl (C=O) groups is 1. The van der Waals surface area contributed by atoms with E-state index >= 15 is 0 Å². The van der Waals surface area contributed by atoms with Gasteiger partial charge >= 0.3 is 0 Å². The minimum atomic E-state index is -0.309. The van der Waals surface area contributed by atoms with Crippen molar-refractivity contribution in [2.45, 2.75) is 12.1 Å². The van der Waals surface area contributed by atoms with Gasteiger partial charge in [-0.3, -0.25) is 14.3 Å². The van der Waals surface area contributed by atoms with E-state index in [1.165, 1.54) is 32.2 Å². The Bertz CT molecular complexity index is 1370. The van der Waals surface area contributed by atoms with Crippen LogP contribution in [0.15, 0.2) is 71.2 Å². The topological polar surface area (TPSA) is 113 Å². The molecule has 0 saturated carbocycles. The van der Waals surface area contributed by atoms with Crippen molar-refractivity contribution in [3.05, 3.63) is 72.1 Å². The molecule has 0 unspecified atom stereocenters. The van der Waals surface area contributed by atoms with E-state index in [4.69, 9.17) is 14.2 Å². The van der Waals surface area contributed by atoms with Crippen molar-refractivity contribution in [3.8, 4) is 34.3 Å². The molecule has 37 heavy (non-hydrogen) atoms.